The molecule has 0 spiro atoms. The zero-order chi connectivity index (χ0) is 14.8. The molecule has 0 aliphatic carbocycles. The number of nitrogens with zero attached hydrogens (tertiary/aromatic N) is 1. The van der Waals surface area contributed by atoms with Gasteiger partial charge in [-0.1, -0.05) is 12.1 Å². The van der Waals surface area contributed by atoms with Crippen molar-refractivity contribution in [3.8, 4) is 17.4 Å². The first-order chi connectivity index (χ1) is 9.35. The van der Waals surface area contributed by atoms with Gasteiger partial charge in [0.2, 0.25) is 5.88 Å². The van der Waals surface area contributed by atoms with Crippen molar-refractivity contribution in [2.24, 2.45) is 0 Å². The number of halogens is 3. The van der Waals surface area contributed by atoms with Crippen molar-refractivity contribution in [2.75, 3.05) is 5.73 Å². The molecule has 0 aliphatic heterocycles. The number of alkyl halides is 3. The molecule has 1 heterocycles. The van der Waals surface area contributed by atoms with E-state index in [1.54, 1.807) is 19.1 Å². The predicted molar refractivity (Wildman–Crippen MR) is 66.6 cm³/mol. The first-order valence-corrected chi connectivity index (χ1v) is 5.61. The topological polar surface area (TPSA) is 57.4 Å². The fraction of sp³-hybridized carbons (Fsp3) is 0.154. The van der Waals surface area contributed by atoms with E-state index in [4.69, 9.17) is 10.5 Å². The molecule has 0 amide bonds. The highest BCUT2D eigenvalue weighted by Crippen LogP contribution is 2.35. The Labute approximate surface area is 113 Å². The predicted octanol–water partition coefficient (Wildman–Crippen LogP) is 3.66. The molecule has 2 N–H and O–H groups in total. The van der Waals surface area contributed by atoms with Gasteiger partial charge < -0.3 is 15.2 Å². The molecule has 0 saturated carbocycles. The number of pyridine rings is 1. The lowest BCUT2D eigenvalue weighted by atomic mass is 10.3. The summed E-state index contributed by atoms with van der Waals surface area (Å²) in [5.41, 5.74) is 6.51. The number of aromatic nitrogens is 1. The number of hydrogen-bond acceptors (Lipinski definition) is 4. The maximum Gasteiger partial charge on any atom is 0.573 e. The molecule has 20 heavy (non-hydrogen) atoms. The van der Waals surface area contributed by atoms with Crippen LogP contribution in [0.4, 0.5) is 18.9 Å². The van der Waals surface area contributed by atoms with E-state index in [0.717, 1.165) is 6.07 Å². The Morgan fingerprint density at radius 3 is 2.35 bits per heavy atom. The fourth-order valence-corrected chi connectivity index (χ4v) is 1.47. The number of nitrogen functional groups attached to an aromatic ring is 1. The highest BCUT2D eigenvalue weighted by molar-refractivity contribution is 5.51. The maximum atomic E-state index is 12.3. The molecular weight excluding hydrogens is 273 g/mol. The van der Waals surface area contributed by atoms with E-state index in [-0.39, 0.29) is 17.3 Å². The fourth-order valence-electron chi connectivity index (χ4n) is 1.47. The number of nitrogens with two attached hydrogens (primary N) is 1. The summed E-state index contributed by atoms with van der Waals surface area (Å²) < 4.78 is 46.0. The van der Waals surface area contributed by atoms with E-state index >= 15 is 0 Å². The van der Waals surface area contributed by atoms with Gasteiger partial charge in [-0.15, -0.1) is 13.2 Å². The van der Waals surface area contributed by atoms with Crippen LogP contribution in [-0.4, -0.2) is 11.3 Å². The number of para-hydroxylation sites is 2. The lowest BCUT2D eigenvalue weighted by Gasteiger charge is -2.14. The summed E-state index contributed by atoms with van der Waals surface area (Å²) in [5.74, 6) is -0.541. The molecule has 0 aliphatic rings. The highest BCUT2D eigenvalue weighted by atomic mass is 19.4. The monoisotopic (exact) mass is 284 g/mol. The van der Waals surface area contributed by atoms with Crippen LogP contribution in [0, 0.1) is 6.92 Å². The quantitative estimate of drug-likeness (QED) is 0.934. The molecule has 2 aromatic rings. The maximum absolute atomic E-state index is 12.3. The van der Waals surface area contributed by atoms with Gasteiger partial charge in [0.25, 0.3) is 0 Å². The molecule has 1 aromatic heterocycles. The van der Waals surface area contributed by atoms with Crippen LogP contribution in [0.3, 0.4) is 0 Å². The SMILES string of the molecule is Cc1ccc(N)c(Oc2ccccc2OC(F)(F)F)n1. The zero-order valence-corrected chi connectivity index (χ0v) is 10.4. The summed E-state index contributed by atoms with van der Waals surface area (Å²) in [6, 6.07) is 8.63. The summed E-state index contributed by atoms with van der Waals surface area (Å²) in [6.07, 6.45) is -4.80. The minimum atomic E-state index is -4.80. The Morgan fingerprint density at radius 2 is 1.70 bits per heavy atom. The van der Waals surface area contributed by atoms with Gasteiger partial charge in [0, 0.05) is 5.69 Å². The van der Waals surface area contributed by atoms with E-state index in [0.29, 0.717) is 5.69 Å². The summed E-state index contributed by atoms with van der Waals surface area (Å²) in [6.45, 7) is 1.71. The number of rotatable bonds is 3. The van der Waals surface area contributed by atoms with Gasteiger partial charge in [-0.2, -0.15) is 0 Å². The van der Waals surface area contributed by atoms with Crippen LogP contribution in [0.5, 0.6) is 17.4 Å². The lowest BCUT2D eigenvalue weighted by molar-refractivity contribution is -0.275. The third-order valence-corrected chi connectivity index (χ3v) is 2.31. The normalized spacial score (nSPS) is 11.2. The molecule has 0 saturated heterocycles. The summed E-state index contributed by atoms with van der Waals surface area (Å²) in [4.78, 5) is 4.02. The van der Waals surface area contributed by atoms with Crippen molar-refractivity contribution in [2.45, 2.75) is 13.3 Å². The van der Waals surface area contributed by atoms with Crippen molar-refractivity contribution in [3.05, 3.63) is 42.1 Å². The smallest absolute Gasteiger partial charge is 0.433 e. The Balaban J connectivity index is 2.32. The van der Waals surface area contributed by atoms with Crippen LogP contribution in [0.1, 0.15) is 5.69 Å². The third kappa shape index (κ3) is 3.53. The van der Waals surface area contributed by atoms with Gasteiger partial charge in [-0.05, 0) is 31.2 Å². The largest absolute Gasteiger partial charge is 0.573 e. The molecule has 0 bridgehead atoms. The number of aryl methyl sites for hydroxylation is 1. The van der Waals surface area contributed by atoms with Crippen LogP contribution in [0.15, 0.2) is 36.4 Å². The summed E-state index contributed by atoms with van der Waals surface area (Å²) in [5, 5.41) is 0. The highest BCUT2D eigenvalue weighted by Gasteiger charge is 2.32. The Hall–Kier alpha value is -2.44. The first kappa shape index (κ1) is 14.0. The van der Waals surface area contributed by atoms with Crippen LogP contribution in [0.25, 0.3) is 0 Å². The Morgan fingerprint density at radius 1 is 1.05 bits per heavy atom. The van der Waals surface area contributed by atoms with Crippen LogP contribution in [0.2, 0.25) is 0 Å². The van der Waals surface area contributed by atoms with Crippen LogP contribution >= 0.6 is 0 Å². The van der Waals surface area contributed by atoms with Crippen molar-refractivity contribution in [1.82, 2.24) is 4.98 Å². The second-order valence-electron chi connectivity index (χ2n) is 3.94. The molecule has 0 radical (unpaired) electrons. The minimum absolute atomic E-state index is 0.0308. The molecule has 0 atom stereocenters. The van der Waals surface area contributed by atoms with Crippen molar-refractivity contribution in [1.29, 1.82) is 0 Å². The molecule has 0 unspecified atom stereocenters. The van der Waals surface area contributed by atoms with Crippen molar-refractivity contribution in [3.63, 3.8) is 0 Å². The van der Waals surface area contributed by atoms with E-state index < -0.39 is 12.1 Å². The summed E-state index contributed by atoms with van der Waals surface area (Å²) >= 11 is 0. The van der Waals surface area contributed by atoms with Gasteiger partial charge in [-0.3, -0.25) is 0 Å². The van der Waals surface area contributed by atoms with Crippen molar-refractivity contribution >= 4 is 5.69 Å². The molecular formula is C13H11F3N2O2. The second kappa shape index (κ2) is 5.28. The lowest BCUT2D eigenvalue weighted by Crippen LogP contribution is -2.17. The zero-order valence-electron chi connectivity index (χ0n) is 10.4. The number of benzene rings is 1. The number of anilines is 1. The van der Waals surface area contributed by atoms with Crippen molar-refractivity contribution < 1.29 is 22.6 Å². The van der Waals surface area contributed by atoms with Gasteiger partial charge >= 0.3 is 6.36 Å². The van der Waals surface area contributed by atoms with E-state index in [2.05, 4.69) is 9.72 Å². The van der Waals surface area contributed by atoms with Gasteiger partial charge in [0.05, 0.1) is 5.69 Å². The van der Waals surface area contributed by atoms with Gasteiger partial charge in [-0.25, -0.2) is 4.98 Å². The van der Waals surface area contributed by atoms with Gasteiger partial charge in [0.1, 0.15) is 0 Å². The molecule has 4 nitrogen and oxygen atoms in total. The van der Waals surface area contributed by atoms with Crippen LogP contribution < -0.4 is 15.2 Å². The molecule has 0 fully saturated rings. The minimum Gasteiger partial charge on any atom is -0.433 e. The van der Waals surface area contributed by atoms with Gasteiger partial charge in [0.15, 0.2) is 11.5 Å². The Kier molecular flexibility index (Phi) is 3.69. The van der Waals surface area contributed by atoms with Crippen LogP contribution in [-0.2, 0) is 0 Å². The third-order valence-electron chi connectivity index (χ3n) is 2.31. The van der Waals surface area contributed by atoms with E-state index in [9.17, 15) is 13.2 Å². The standard InChI is InChI=1S/C13H11F3N2O2/c1-8-6-7-9(17)12(18-8)19-10-4-2-3-5-11(10)20-13(14,15)16/h2-7H,17H2,1H3. The molecule has 106 valence electrons. The average Bonchev–Trinajstić information content (AvgIpc) is 2.34. The first-order valence-electron chi connectivity index (χ1n) is 5.61. The van der Waals surface area contributed by atoms with E-state index in [1.165, 1.54) is 18.2 Å². The summed E-state index contributed by atoms with van der Waals surface area (Å²) in [7, 11) is 0. The van der Waals surface area contributed by atoms with E-state index in [1.807, 2.05) is 0 Å². The average molecular weight is 284 g/mol. The number of ether oxygens (including phenoxy) is 2. The molecule has 1 aromatic carbocycles. The number of hydrogen-bond donors (Lipinski definition) is 1. The molecule has 7 heteroatoms. The second-order valence-corrected chi connectivity index (χ2v) is 3.94. The Bertz CT molecular complexity index is 615. The molecule has 2 rings (SSSR count).